The molecule has 4 heterocycles. The number of fused-ring (bicyclic) bond motifs is 4. The lowest BCUT2D eigenvalue weighted by atomic mass is 10.0. The Hall–Kier alpha value is -4.58. The molecule has 41 heavy (non-hydrogen) atoms. The van der Waals surface area contributed by atoms with Gasteiger partial charge in [-0.15, -0.1) is 0 Å². The maximum atomic E-state index is 15.3. The van der Waals surface area contributed by atoms with Gasteiger partial charge in [0.2, 0.25) is 5.43 Å². The minimum atomic E-state index is -1.34. The van der Waals surface area contributed by atoms with Crippen molar-refractivity contribution in [1.82, 2.24) is 24.4 Å². The van der Waals surface area contributed by atoms with Crippen LogP contribution >= 0.6 is 0 Å². The summed E-state index contributed by atoms with van der Waals surface area (Å²) in [6, 6.07) is 2.66. The zero-order chi connectivity index (χ0) is 30.0. The molecule has 12 heteroatoms. The molecule has 4 aromatic heterocycles. The van der Waals surface area contributed by atoms with Crippen LogP contribution < -0.4 is 15.6 Å². The largest absolute Gasteiger partial charge is 0.477 e. The summed E-state index contributed by atoms with van der Waals surface area (Å²) >= 11 is 0. The first kappa shape index (κ1) is 28.0. The SMILES string of the molecule is CNc1cc(F)c(F)c2c1[nH]c1ncc(-c3cnc4c(c3)c(=O)c(C(=O)O)cn4CC(C)(C)N(C)C)c(N(C)C)c12. The fourth-order valence-electron chi connectivity index (χ4n) is 5.07. The molecular formula is C29H31F2N7O3. The van der Waals surface area contributed by atoms with Crippen molar-refractivity contribution >= 4 is 50.3 Å². The summed E-state index contributed by atoms with van der Waals surface area (Å²) in [4.78, 5) is 41.3. The Bertz CT molecular complexity index is 1930. The minimum Gasteiger partial charge on any atom is -0.477 e. The van der Waals surface area contributed by atoms with E-state index in [0.29, 0.717) is 51.2 Å². The lowest BCUT2D eigenvalue weighted by Gasteiger charge is -2.33. The Kier molecular flexibility index (Phi) is 6.69. The van der Waals surface area contributed by atoms with Crippen LogP contribution in [0.1, 0.15) is 24.2 Å². The number of likely N-dealkylation sites (N-methyl/N-ethyl adjacent to an activating group) is 1. The van der Waals surface area contributed by atoms with Gasteiger partial charge in [0.1, 0.15) is 16.9 Å². The third-order valence-corrected chi connectivity index (χ3v) is 7.70. The van der Waals surface area contributed by atoms with Crippen molar-refractivity contribution in [3.63, 3.8) is 0 Å². The van der Waals surface area contributed by atoms with E-state index in [9.17, 15) is 19.1 Å². The number of aromatic carboxylic acids is 1. The van der Waals surface area contributed by atoms with E-state index >= 15 is 4.39 Å². The number of rotatable bonds is 7. The summed E-state index contributed by atoms with van der Waals surface area (Å²) < 4.78 is 31.6. The van der Waals surface area contributed by atoms with E-state index in [4.69, 9.17) is 0 Å². The van der Waals surface area contributed by atoms with Crippen LogP contribution in [0.5, 0.6) is 0 Å². The van der Waals surface area contributed by atoms with E-state index in [0.717, 1.165) is 6.07 Å². The van der Waals surface area contributed by atoms with Crippen molar-refractivity contribution < 1.29 is 18.7 Å². The normalized spacial score (nSPS) is 12.1. The zero-order valence-corrected chi connectivity index (χ0v) is 23.8. The molecule has 0 aliphatic rings. The predicted octanol–water partition coefficient (Wildman–Crippen LogP) is 4.52. The number of carbonyl (C=O) groups is 1. The maximum absolute atomic E-state index is 15.3. The summed E-state index contributed by atoms with van der Waals surface area (Å²) in [7, 11) is 8.97. The molecule has 0 amide bonds. The molecule has 214 valence electrons. The van der Waals surface area contributed by atoms with Crippen molar-refractivity contribution in [2.45, 2.75) is 25.9 Å². The van der Waals surface area contributed by atoms with Crippen molar-refractivity contribution in [1.29, 1.82) is 0 Å². The summed E-state index contributed by atoms with van der Waals surface area (Å²) in [5.41, 5.74) is 1.49. The summed E-state index contributed by atoms with van der Waals surface area (Å²) in [6.45, 7) is 4.37. The van der Waals surface area contributed by atoms with Gasteiger partial charge < -0.3 is 29.8 Å². The van der Waals surface area contributed by atoms with Crippen molar-refractivity contribution in [3.05, 3.63) is 58.1 Å². The average molecular weight is 564 g/mol. The number of benzene rings is 1. The first-order valence-corrected chi connectivity index (χ1v) is 12.9. The van der Waals surface area contributed by atoms with E-state index < -0.39 is 23.0 Å². The van der Waals surface area contributed by atoms with Crippen LogP contribution in [0.3, 0.4) is 0 Å². The summed E-state index contributed by atoms with van der Waals surface area (Å²) in [6.07, 6.45) is 4.46. The van der Waals surface area contributed by atoms with Crippen LogP contribution in [0.2, 0.25) is 0 Å². The number of nitrogens with zero attached hydrogens (tertiary/aromatic N) is 5. The van der Waals surface area contributed by atoms with Gasteiger partial charge in [-0.2, -0.15) is 0 Å². The Morgan fingerprint density at radius 2 is 1.83 bits per heavy atom. The monoisotopic (exact) mass is 563 g/mol. The number of carboxylic acids is 1. The molecule has 0 bridgehead atoms. The van der Waals surface area contributed by atoms with Crippen LogP contribution in [-0.4, -0.2) is 76.3 Å². The standard InChI is InChI=1S/C29H31F2N7O3/c1-29(2,37(6)7)13-38-12-17(28(40)41)25(39)15-8-14(10-34-27(15)38)16-11-33-26-21(24(16)36(4)5)20-22(31)18(30)9-19(32-3)23(20)35-26/h8-12,32H,13H2,1-7H3,(H,33,35)(H,40,41). The molecule has 10 nitrogen and oxygen atoms in total. The molecule has 5 rings (SSSR count). The number of aromatic nitrogens is 4. The van der Waals surface area contributed by atoms with E-state index in [1.54, 1.807) is 49.1 Å². The predicted molar refractivity (Wildman–Crippen MR) is 157 cm³/mol. The Labute approximate surface area is 234 Å². The molecule has 3 N–H and O–H groups in total. The first-order chi connectivity index (χ1) is 19.3. The van der Waals surface area contributed by atoms with Crippen molar-refractivity contribution in [3.8, 4) is 11.1 Å². The first-order valence-electron chi connectivity index (χ1n) is 12.9. The highest BCUT2D eigenvalue weighted by Crippen LogP contribution is 2.42. The third kappa shape index (κ3) is 4.44. The molecular weight excluding hydrogens is 532 g/mol. The molecule has 0 fully saturated rings. The van der Waals surface area contributed by atoms with Crippen LogP contribution in [0.4, 0.5) is 20.2 Å². The van der Waals surface area contributed by atoms with Gasteiger partial charge in [-0.25, -0.2) is 23.5 Å². The van der Waals surface area contributed by atoms with Crippen LogP contribution in [0, 0.1) is 11.6 Å². The number of hydrogen-bond acceptors (Lipinski definition) is 7. The number of pyridine rings is 3. The second-order valence-electron chi connectivity index (χ2n) is 11.1. The van der Waals surface area contributed by atoms with Crippen molar-refractivity contribution in [2.75, 3.05) is 45.5 Å². The molecule has 0 atom stereocenters. The van der Waals surface area contributed by atoms with Crippen LogP contribution in [0.15, 0.2) is 35.5 Å². The highest BCUT2D eigenvalue weighted by atomic mass is 19.2. The van der Waals surface area contributed by atoms with Gasteiger partial charge in [0.15, 0.2) is 11.6 Å². The summed E-state index contributed by atoms with van der Waals surface area (Å²) in [5.74, 6) is -3.36. The third-order valence-electron chi connectivity index (χ3n) is 7.70. The van der Waals surface area contributed by atoms with Gasteiger partial charge in [-0.05, 0) is 34.0 Å². The number of halogens is 2. The molecule has 0 saturated carbocycles. The highest BCUT2D eigenvalue weighted by Gasteiger charge is 2.26. The van der Waals surface area contributed by atoms with E-state index in [1.165, 1.54) is 6.20 Å². The number of H-pyrrole nitrogens is 1. The highest BCUT2D eigenvalue weighted by molar-refractivity contribution is 6.18. The lowest BCUT2D eigenvalue weighted by Crippen LogP contribution is -2.42. The molecule has 1 aromatic carbocycles. The molecule has 0 aliphatic heterocycles. The number of nitrogens with one attached hydrogen (secondary N) is 2. The zero-order valence-electron chi connectivity index (χ0n) is 23.8. The van der Waals surface area contributed by atoms with Gasteiger partial charge in [-0.1, -0.05) is 0 Å². The molecule has 0 aliphatic carbocycles. The maximum Gasteiger partial charge on any atom is 0.341 e. The molecule has 0 saturated heterocycles. The Morgan fingerprint density at radius 3 is 2.44 bits per heavy atom. The molecule has 0 unspecified atom stereocenters. The number of anilines is 2. The van der Waals surface area contributed by atoms with Gasteiger partial charge in [-0.3, -0.25) is 4.79 Å². The fraction of sp³-hybridized carbons (Fsp3) is 0.310. The van der Waals surface area contributed by atoms with E-state index in [1.807, 2.05) is 32.8 Å². The smallest absolute Gasteiger partial charge is 0.341 e. The van der Waals surface area contributed by atoms with Gasteiger partial charge in [0.25, 0.3) is 0 Å². The molecule has 0 spiro atoms. The van der Waals surface area contributed by atoms with E-state index in [2.05, 4.69) is 20.3 Å². The Morgan fingerprint density at radius 1 is 1.12 bits per heavy atom. The summed E-state index contributed by atoms with van der Waals surface area (Å²) in [5, 5.41) is 13.2. The molecule has 0 radical (unpaired) electrons. The lowest BCUT2D eigenvalue weighted by molar-refractivity contribution is 0.0694. The van der Waals surface area contributed by atoms with Crippen LogP contribution in [0.25, 0.3) is 44.1 Å². The quantitative estimate of drug-likeness (QED) is 0.265. The van der Waals surface area contributed by atoms with Gasteiger partial charge >= 0.3 is 5.97 Å². The van der Waals surface area contributed by atoms with Crippen LogP contribution in [-0.2, 0) is 6.54 Å². The fourth-order valence-corrected chi connectivity index (χ4v) is 5.07. The topological polar surface area (TPSA) is 119 Å². The van der Waals surface area contributed by atoms with Crippen molar-refractivity contribution in [2.24, 2.45) is 0 Å². The average Bonchev–Trinajstić information content (AvgIpc) is 3.31. The van der Waals surface area contributed by atoms with E-state index in [-0.39, 0.29) is 21.9 Å². The second kappa shape index (κ2) is 9.81. The Balaban J connectivity index is 1.84. The minimum absolute atomic E-state index is 0.0394. The molecule has 5 aromatic rings. The number of aromatic amines is 1. The number of hydrogen-bond donors (Lipinski definition) is 3. The second-order valence-corrected chi connectivity index (χ2v) is 11.1. The van der Waals surface area contributed by atoms with Gasteiger partial charge in [0, 0.05) is 69.0 Å². The van der Waals surface area contributed by atoms with Gasteiger partial charge in [0.05, 0.1) is 33.1 Å². The number of carboxylic acid groups (broad SMARTS) is 1.